The van der Waals surface area contributed by atoms with E-state index in [0.29, 0.717) is 22.3 Å². The summed E-state index contributed by atoms with van der Waals surface area (Å²) in [5, 5.41) is 5.62. The van der Waals surface area contributed by atoms with Gasteiger partial charge in [-0.2, -0.15) is 4.98 Å². The van der Waals surface area contributed by atoms with Crippen LogP contribution in [0.3, 0.4) is 0 Å². The first kappa shape index (κ1) is 19.5. The van der Waals surface area contributed by atoms with Crippen molar-refractivity contribution in [1.82, 2.24) is 14.7 Å². The minimum absolute atomic E-state index is 0.0323. The smallest absolute Gasteiger partial charge is 0.258 e. The summed E-state index contributed by atoms with van der Waals surface area (Å²) in [6.45, 7) is 0.491. The number of benzene rings is 3. The zero-order valence-electron chi connectivity index (χ0n) is 16.1. The summed E-state index contributed by atoms with van der Waals surface area (Å²) >= 11 is 12.7. The highest BCUT2D eigenvalue weighted by Gasteiger charge is 2.26. The first-order valence-electron chi connectivity index (χ1n) is 9.57. The summed E-state index contributed by atoms with van der Waals surface area (Å²) in [4.78, 5) is 17.6. The van der Waals surface area contributed by atoms with Crippen molar-refractivity contribution in [2.24, 2.45) is 0 Å². The Hall–Kier alpha value is -3.41. The van der Waals surface area contributed by atoms with Crippen LogP contribution in [0.25, 0.3) is 22.4 Å². The van der Waals surface area contributed by atoms with Gasteiger partial charge in [0.05, 0.1) is 11.1 Å². The van der Waals surface area contributed by atoms with E-state index in [1.165, 1.54) is 0 Å². The number of hydrogen-bond acceptors (Lipinski definition) is 4. The summed E-state index contributed by atoms with van der Waals surface area (Å²) in [6.07, 6.45) is 0. The van der Waals surface area contributed by atoms with Gasteiger partial charge in [-0.25, -0.2) is 0 Å². The number of aromatic nitrogens is 3. The SMILES string of the molecule is O=C(c1noc(-c2ccccc2)n1)c1c(Cl)n(Cc2ccc(Cl)cc2)c2ccccc12. The molecule has 0 saturated heterocycles. The highest BCUT2D eigenvalue weighted by molar-refractivity contribution is 6.36. The molecule has 5 aromatic rings. The Morgan fingerprint density at radius 2 is 1.61 bits per heavy atom. The lowest BCUT2D eigenvalue weighted by Gasteiger charge is -2.07. The number of fused-ring (bicyclic) bond motifs is 1. The number of para-hydroxylation sites is 1. The Morgan fingerprint density at radius 3 is 2.39 bits per heavy atom. The zero-order valence-corrected chi connectivity index (χ0v) is 17.6. The molecule has 152 valence electrons. The van der Waals surface area contributed by atoms with E-state index in [4.69, 9.17) is 27.7 Å². The lowest BCUT2D eigenvalue weighted by Crippen LogP contribution is -2.05. The van der Waals surface area contributed by atoms with E-state index in [-0.39, 0.29) is 17.5 Å². The van der Waals surface area contributed by atoms with Crippen LogP contribution in [-0.2, 0) is 6.54 Å². The van der Waals surface area contributed by atoms with Crippen molar-refractivity contribution >= 4 is 39.9 Å². The third-order valence-electron chi connectivity index (χ3n) is 5.04. The van der Waals surface area contributed by atoms with Gasteiger partial charge in [0, 0.05) is 22.5 Å². The maximum absolute atomic E-state index is 13.3. The lowest BCUT2D eigenvalue weighted by atomic mass is 10.1. The van der Waals surface area contributed by atoms with Gasteiger partial charge in [0.15, 0.2) is 0 Å². The van der Waals surface area contributed by atoms with Crippen LogP contribution in [0.15, 0.2) is 83.4 Å². The van der Waals surface area contributed by atoms with E-state index < -0.39 is 0 Å². The lowest BCUT2D eigenvalue weighted by molar-refractivity contribution is 0.102. The molecule has 7 heteroatoms. The Bertz CT molecular complexity index is 1390. The van der Waals surface area contributed by atoms with Crippen molar-refractivity contribution in [1.29, 1.82) is 0 Å². The fourth-order valence-corrected chi connectivity index (χ4v) is 4.01. The molecule has 0 N–H and O–H groups in total. The molecule has 0 fully saturated rings. The van der Waals surface area contributed by atoms with Gasteiger partial charge in [-0.3, -0.25) is 4.79 Å². The van der Waals surface area contributed by atoms with Gasteiger partial charge < -0.3 is 9.09 Å². The molecule has 5 rings (SSSR count). The monoisotopic (exact) mass is 447 g/mol. The highest BCUT2D eigenvalue weighted by atomic mass is 35.5. The Balaban J connectivity index is 1.57. The van der Waals surface area contributed by atoms with Crippen LogP contribution in [-0.4, -0.2) is 20.5 Å². The number of hydrogen-bond donors (Lipinski definition) is 0. The van der Waals surface area contributed by atoms with Gasteiger partial charge in [0.2, 0.25) is 11.6 Å². The average molecular weight is 448 g/mol. The van der Waals surface area contributed by atoms with Gasteiger partial charge in [-0.1, -0.05) is 76.9 Å². The molecule has 0 unspecified atom stereocenters. The fourth-order valence-electron chi connectivity index (χ4n) is 3.54. The highest BCUT2D eigenvalue weighted by Crippen LogP contribution is 2.32. The van der Waals surface area contributed by atoms with Gasteiger partial charge in [-0.05, 0) is 35.9 Å². The molecule has 0 spiro atoms. The van der Waals surface area contributed by atoms with Gasteiger partial charge in [0.25, 0.3) is 5.89 Å². The van der Waals surface area contributed by atoms with E-state index in [9.17, 15) is 4.79 Å². The van der Waals surface area contributed by atoms with E-state index in [2.05, 4.69) is 10.1 Å². The maximum atomic E-state index is 13.3. The number of ketones is 1. The second-order valence-electron chi connectivity index (χ2n) is 7.01. The minimum atomic E-state index is -0.387. The molecule has 3 aromatic carbocycles. The van der Waals surface area contributed by atoms with Crippen LogP contribution in [0, 0.1) is 0 Å². The quantitative estimate of drug-likeness (QED) is 0.297. The maximum Gasteiger partial charge on any atom is 0.258 e. The summed E-state index contributed by atoms with van der Waals surface area (Å²) in [5.41, 5.74) is 2.95. The largest absolute Gasteiger partial charge is 0.333 e. The number of rotatable bonds is 5. The average Bonchev–Trinajstić information content (AvgIpc) is 3.40. The normalized spacial score (nSPS) is 11.2. The number of halogens is 2. The van der Waals surface area contributed by atoms with Crippen LogP contribution in [0.4, 0.5) is 0 Å². The van der Waals surface area contributed by atoms with E-state index in [0.717, 1.165) is 22.0 Å². The van der Waals surface area contributed by atoms with Gasteiger partial charge >= 0.3 is 0 Å². The predicted octanol–water partition coefficient (Wildman–Crippen LogP) is 6.28. The van der Waals surface area contributed by atoms with Crippen LogP contribution < -0.4 is 0 Å². The van der Waals surface area contributed by atoms with Crippen LogP contribution in [0.5, 0.6) is 0 Å². The van der Waals surface area contributed by atoms with Crippen molar-refractivity contribution in [3.05, 3.63) is 106 Å². The van der Waals surface area contributed by atoms with Crippen molar-refractivity contribution in [2.45, 2.75) is 6.54 Å². The van der Waals surface area contributed by atoms with Crippen LogP contribution >= 0.6 is 23.2 Å². The molecule has 0 atom stereocenters. The topological polar surface area (TPSA) is 60.9 Å². The molecular formula is C24H15Cl2N3O2. The van der Waals surface area contributed by atoms with Crippen LogP contribution in [0.2, 0.25) is 10.2 Å². The fraction of sp³-hybridized carbons (Fsp3) is 0.0417. The minimum Gasteiger partial charge on any atom is -0.333 e. The summed E-state index contributed by atoms with van der Waals surface area (Å²) < 4.78 is 7.21. The second-order valence-corrected chi connectivity index (χ2v) is 7.81. The number of nitrogens with zero attached hydrogens (tertiary/aromatic N) is 3. The summed E-state index contributed by atoms with van der Waals surface area (Å²) in [7, 11) is 0. The Kier molecular flexibility index (Phi) is 5.06. The van der Waals surface area contributed by atoms with Gasteiger partial charge in [-0.15, -0.1) is 0 Å². The molecule has 0 aliphatic carbocycles. The molecule has 0 aliphatic heterocycles. The third-order valence-corrected chi connectivity index (χ3v) is 5.68. The predicted molar refractivity (Wildman–Crippen MR) is 121 cm³/mol. The Labute approximate surface area is 187 Å². The van der Waals surface area contributed by atoms with Crippen molar-refractivity contribution < 1.29 is 9.32 Å². The first-order valence-corrected chi connectivity index (χ1v) is 10.3. The standard InChI is InChI=1S/C24H15Cl2N3O2/c25-17-12-10-15(11-13-17)14-29-19-9-5-4-8-18(19)20(22(29)26)21(30)23-27-24(31-28-23)16-6-2-1-3-7-16/h1-13H,14H2. The molecule has 0 bridgehead atoms. The van der Waals surface area contributed by atoms with Crippen LogP contribution in [0.1, 0.15) is 21.7 Å². The molecule has 0 saturated carbocycles. The molecule has 31 heavy (non-hydrogen) atoms. The summed E-state index contributed by atoms with van der Waals surface area (Å²) in [6, 6.07) is 24.4. The van der Waals surface area contributed by atoms with E-state index in [1.54, 1.807) is 0 Å². The molecule has 2 aromatic heterocycles. The molecule has 0 radical (unpaired) electrons. The molecule has 0 amide bonds. The first-order chi connectivity index (χ1) is 15.1. The van der Waals surface area contributed by atoms with Crippen molar-refractivity contribution in [3.63, 3.8) is 0 Å². The number of carbonyl (C=O) groups excluding carboxylic acids is 1. The Morgan fingerprint density at radius 1 is 0.903 bits per heavy atom. The van der Waals surface area contributed by atoms with Crippen molar-refractivity contribution in [2.75, 3.05) is 0 Å². The van der Waals surface area contributed by atoms with E-state index in [1.807, 2.05) is 83.4 Å². The van der Waals surface area contributed by atoms with E-state index >= 15 is 0 Å². The molecule has 5 nitrogen and oxygen atoms in total. The van der Waals surface area contributed by atoms with Crippen molar-refractivity contribution in [3.8, 4) is 11.5 Å². The summed E-state index contributed by atoms with van der Waals surface area (Å²) in [5.74, 6) is -0.137. The zero-order chi connectivity index (χ0) is 21.4. The molecule has 2 heterocycles. The number of carbonyl (C=O) groups is 1. The molecular weight excluding hydrogens is 433 g/mol. The third kappa shape index (κ3) is 3.63. The second kappa shape index (κ2) is 8.02. The molecule has 0 aliphatic rings. The van der Waals surface area contributed by atoms with Gasteiger partial charge in [0.1, 0.15) is 5.15 Å².